The number of carbonyl (C=O) groups excluding carboxylic acids is 1. The summed E-state index contributed by atoms with van der Waals surface area (Å²) in [7, 11) is 0. The summed E-state index contributed by atoms with van der Waals surface area (Å²) in [4.78, 5) is 17.5. The number of Topliss-reactive ketones (excluding diaryl/α,β-unsaturated/α-hetero) is 1. The van der Waals surface area contributed by atoms with Gasteiger partial charge in [-0.2, -0.15) is 0 Å². The van der Waals surface area contributed by atoms with Crippen molar-refractivity contribution in [3.8, 4) is 0 Å². The molecular weight excluding hydrogens is 406 g/mol. The van der Waals surface area contributed by atoms with E-state index in [-0.39, 0.29) is 17.3 Å². The van der Waals surface area contributed by atoms with Gasteiger partial charge in [-0.05, 0) is 92.2 Å². The first-order chi connectivity index (χ1) is 16.0. The molecule has 5 rings (SSSR count). The Labute approximate surface area is 196 Å². The molecule has 1 heterocycles. The number of aromatic nitrogens is 1. The van der Waals surface area contributed by atoms with Gasteiger partial charge in [0.2, 0.25) is 0 Å². The molecule has 3 aromatic rings. The number of aliphatic hydroxyl groups excluding tert-OH is 1. The molecule has 170 valence electrons. The van der Waals surface area contributed by atoms with E-state index < -0.39 is 0 Å². The van der Waals surface area contributed by atoms with Crippen LogP contribution in [-0.2, 0) is 24.7 Å². The normalized spacial score (nSPS) is 24.4. The molecule has 0 bridgehead atoms. The number of aliphatic hydroxyl groups is 1. The molecule has 1 aromatic heterocycles. The molecule has 2 aliphatic carbocycles. The van der Waals surface area contributed by atoms with E-state index in [4.69, 9.17) is 0 Å². The van der Waals surface area contributed by atoms with E-state index in [9.17, 15) is 9.90 Å². The zero-order chi connectivity index (χ0) is 22.8. The van der Waals surface area contributed by atoms with Crippen molar-refractivity contribution in [3.05, 3.63) is 100 Å². The minimum atomic E-state index is -0.191. The van der Waals surface area contributed by atoms with Crippen LogP contribution in [0.2, 0.25) is 0 Å². The second kappa shape index (κ2) is 9.23. The van der Waals surface area contributed by atoms with Gasteiger partial charge in [0.05, 0.1) is 6.10 Å². The number of aryl methyl sites for hydroxylation is 2. The number of carbonyl (C=O) groups is 1. The number of pyridine rings is 1. The Kier molecular flexibility index (Phi) is 6.16. The molecule has 0 amide bonds. The van der Waals surface area contributed by atoms with Gasteiger partial charge in [-0.1, -0.05) is 48.5 Å². The second-order valence-electron chi connectivity index (χ2n) is 10.1. The third-order valence-corrected chi connectivity index (χ3v) is 8.05. The van der Waals surface area contributed by atoms with Crippen molar-refractivity contribution in [3.63, 3.8) is 0 Å². The lowest BCUT2D eigenvalue weighted by Gasteiger charge is -2.46. The highest BCUT2D eigenvalue weighted by molar-refractivity contribution is 5.97. The highest BCUT2D eigenvalue weighted by Crippen LogP contribution is 2.51. The minimum absolute atomic E-state index is 0.0356. The molecule has 1 N–H and O–H groups in total. The van der Waals surface area contributed by atoms with Crippen molar-refractivity contribution in [2.45, 2.75) is 69.8 Å². The molecule has 2 aromatic carbocycles. The van der Waals surface area contributed by atoms with Gasteiger partial charge in [0, 0.05) is 29.3 Å². The molecule has 2 aliphatic rings. The summed E-state index contributed by atoms with van der Waals surface area (Å²) >= 11 is 0. The molecule has 3 atom stereocenters. The number of benzene rings is 2. The number of hydrogen-bond acceptors (Lipinski definition) is 3. The second-order valence-corrected chi connectivity index (χ2v) is 10.1. The summed E-state index contributed by atoms with van der Waals surface area (Å²) in [6.07, 6.45) is 8.96. The first kappa shape index (κ1) is 22.0. The average Bonchev–Trinajstić information content (AvgIpc) is 2.97. The van der Waals surface area contributed by atoms with E-state index in [1.165, 1.54) is 16.7 Å². The van der Waals surface area contributed by atoms with Gasteiger partial charge < -0.3 is 5.11 Å². The summed E-state index contributed by atoms with van der Waals surface area (Å²) in [5, 5.41) is 10.5. The predicted molar refractivity (Wildman–Crippen MR) is 132 cm³/mol. The van der Waals surface area contributed by atoms with Crippen LogP contribution in [0.3, 0.4) is 0 Å². The number of ketones is 1. The van der Waals surface area contributed by atoms with Gasteiger partial charge in [0.25, 0.3) is 0 Å². The molecule has 3 nitrogen and oxygen atoms in total. The van der Waals surface area contributed by atoms with Crippen LogP contribution >= 0.6 is 0 Å². The molecule has 33 heavy (non-hydrogen) atoms. The standard InChI is InChI=1S/C30H33NO2/c1-21-23(10-6-16-31-21)18-29(33)25-12-13-28-24(17-25)9-5-11-26-19-27(32)14-15-30(26,28)20-22-7-3-2-4-8-22/h2-4,6-8,10,12-13,16-17,26-27,32H,5,9,11,14-15,18-20H2,1H3/t26-,27-,30-/m0/s1. The van der Waals surface area contributed by atoms with Gasteiger partial charge >= 0.3 is 0 Å². The monoisotopic (exact) mass is 439 g/mol. The van der Waals surface area contributed by atoms with Crippen molar-refractivity contribution in [1.29, 1.82) is 0 Å². The summed E-state index contributed by atoms with van der Waals surface area (Å²) in [6.45, 7) is 1.96. The minimum Gasteiger partial charge on any atom is -0.393 e. The van der Waals surface area contributed by atoms with Crippen LogP contribution in [0.25, 0.3) is 0 Å². The van der Waals surface area contributed by atoms with Gasteiger partial charge in [-0.3, -0.25) is 9.78 Å². The average molecular weight is 440 g/mol. The van der Waals surface area contributed by atoms with Crippen molar-refractivity contribution < 1.29 is 9.90 Å². The summed E-state index contributed by atoms with van der Waals surface area (Å²) in [5.41, 5.74) is 6.87. The van der Waals surface area contributed by atoms with E-state index in [2.05, 4.69) is 47.4 Å². The molecule has 1 saturated carbocycles. The maximum atomic E-state index is 13.2. The summed E-state index contributed by atoms with van der Waals surface area (Å²) < 4.78 is 0. The molecule has 0 aliphatic heterocycles. The van der Waals surface area contributed by atoms with Crippen LogP contribution in [0.5, 0.6) is 0 Å². The third-order valence-electron chi connectivity index (χ3n) is 8.05. The van der Waals surface area contributed by atoms with E-state index >= 15 is 0 Å². The first-order valence-corrected chi connectivity index (χ1v) is 12.3. The molecule has 0 unspecified atom stereocenters. The fraction of sp³-hybridized carbons (Fsp3) is 0.400. The highest BCUT2D eigenvalue weighted by atomic mass is 16.3. The predicted octanol–water partition coefficient (Wildman–Crippen LogP) is 5.79. The lowest BCUT2D eigenvalue weighted by Crippen LogP contribution is -2.43. The number of hydrogen-bond donors (Lipinski definition) is 1. The third kappa shape index (κ3) is 4.39. The van der Waals surface area contributed by atoms with Crippen molar-refractivity contribution in [1.82, 2.24) is 4.98 Å². The lowest BCUT2D eigenvalue weighted by molar-refractivity contribution is 0.0468. The fourth-order valence-corrected chi connectivity index (χ4v) is 6.32. The topological polar surface area (TPSA) is 50.2 Å². The largest absolute Gasteiger partial charge is 0.393 e. The van der Waals surface area contributed by atoms with Crippen molar-refractivity contribution in [2.24, 2.45) is 5.92 Å². The van der Waals surface area contributed by atoms with Gasteiger partial charge in [0.15, 0.2) is 5.78 Å². The van der Waals surface area contributed by atoms with Crippen LogP contribution in [0, 0.1) is 12.8 Å². The Morgan fingerprint density at radius 2 is 1.94 bits per heavy atom. The van der Waals surface area contributed by atoms with Crippen LogP contribution in [0.4, 0.5) is 0 Å². The Hall–Kier alpha value is -2.78. The van der Waals surface area contributed by atoms with Crippen LogP contribution < -0.4 is 0 Å². The van der Waals surface area contributed by atoms with Gasteiger partial charge in [-0.15, -0.1) is 0 Å². The van der Waals surface area contributed by atoms with Crippen molar-refractivity contribution >= 4 is 5.78 Å². The zero-order valence-corrected chi connectivity index (χ0v) is 19.5. The molecule has 1 fully saturated rings. The Morgan fingerprint density at radius 3 is 2.76 bits per heavy atom. The summed E-state index contributed by atoms with van der Waals surface area (Å²) in [5.74, 6) is 0.633. The Bertz CT molecular complexity index is 1140. The number of fused-ring (bicyclic) bond motifs is 3. The maximum absolute atomic E-state index is 13.2. The van der Waals surface area contributed by atoms with E-state index in [1.54, 1.807) is 6.20 Å². The molecule has 0 radical (unpaired) electrons. The van der Waals surface area contributed by atoms with E-state index in [0.29, 0.717) is 12.3 Å². The van der Waals surface area contributed by atoms with E-state index in [1.807, 2.05) is 25.1 Å². The number of rotatable bonds is 5. The van der Waals surface area contributed by atoms with E-state index in [0.717, 1.165) is 61.8 Å². The maximum Gasteiger partial charge on any atom is 0.167 e. The lowest BCUT2D eigenvalue weighted by atomic mass is 9.58. The van der Waals surface area contributed by atoms with Crippen molar-refractivity contribution in [2.75, 3.05) is 0 Å². The molecule has 3 heteroatoms. The van der Waals surface area contributed by atoms with Crippen LogP contribution in [-0.4, -0.2) is 22.0 Å². The first-order valence-electron chi connectivity index (χ1n) is 12.3. The zero-order valence-electron chi connectivity index (χ0n) is 19.5. The molecule has 0 saturated heterocycles. The van der Waals surface area contributed by atoms with Crippen LogP contribution in [0.15, 0.2) is 66.9 Å². The molecular formula is C30H33NO2. The van der Waals surface area contributed by atoms with Gasteiger partial charge in [-0.25, -0.2) is 0 Å². The molecule has 0 spiro atoms. The SMILES string of the molecule is Cc1ncccc1CC(=O)c1ccc2c(c1)CCC[C@H]1C[C@@H](O)CC[C@@]21Cc1ccccc1. The van der Waals surface area contributed by atoms with Gasteiger partial charge in [0.1, 0.15) is 0 Å². The highest BCUT2D eigenvalue weighted by Gasteiger charge is 2.46. The summed E-state index contributed by atoms with van der Waals surface area (Å²) in [6, 6.07) is 21.1. The smallest absolute Gasteiger partial charge is 0.167 e. The van der Waals surface area contributed by atoms with Crippen LogP contribution in [0.1, 0.15) is 70.4 Å². The quantitative estimate of drug-likeness (QED) is 0.512. The Balaban J connectivity index is 1.51. The number of nitrogens with zero attached hydrogens (tertiary/aromatic N) is 1. The fourth-order valence-electron chi connectivity index (χ4n) is 6.32. The Morgan fingerprint density at radius 1 is 1.09 bits per heavy atom.